The number of alkyl halides is 3. The molecule has 5 aromatic rings. The summed E-state index contributed by atoms with van der Waals surface area (Å²) in [4.78, 5) is -1.81. The van der Waals surface area contributed by atoms with Gasteiger partial charge in [0.1, 0.15) is 16.4 Å². The average Bonchev–Trinajstić information content (AvgIpc) is 3.44. The van der Waals surface area contributed by atoms with Crippen molar-refractivity contribution in [1.82, 2.24) is 15.2 Å². The number of aryl methyl sites for hydroxylation is 1. The first-order valence-electron chi connectivity index (χ1n) is 17.9. The Morgan fingerprint density at radius 1 is 0.918 bits per heavy atom. The van der Waals surface area contributed by atoms with Crippen LogP contribution in [0.25, 0.3) is 0 Å². The van der Waals surface area contributed by atoms with Gasteiger partial charge >= 0.3 is 6.18 Å². The van der Waals surface area contributed by atoms with Crippen LogP contribution >= 0.6 is 0 Å². The van der Waals surface area contributed by atoms with E-state index in [4.69, 9.17) is 15.4 Å². The maximum Gasteiger partial charge on any atom is 0.417 e. The lowest BCUT2D eigenvalue weighted by Crippen LogP contribution is -2.46. The second kappa shape index (κ2) is 18.7. The van der Waals surface area contributed by atoms with Gasteiger partial charge in [-0.25, -0.2) is 35.1 Å². The molecule has 0 radical (unpaired) electrons. The summed E-state index contributed by atoms with van der Waals surface area (Å²) < 4.78 is 121. The van der Waals surface area contributed by atoms with E-state index in [1.807, 2.05) is 20.8 Å². The first-order valence-corrected chi connectivity index (χ1v) is 22.4. The fraction of sp³-hybridized carbons (Fsp3) is 0.289. The Balaban J connectivity index is 0.000000211. The summed E-state index contributed by atoms with van der Waals surface area (Å²) >= 11 is 0. The lowest BCUT2D eigenvalue weighted by atomic mass is 10.1. The van der Waals surface area contributed by atoms with Crippen molar-refractivity contribution in [3.63, 3.8) is 0 Å². The monoisotopic (exact) mass is 913 g/mol. The van der Waals surface area contributed by atoms with E-state index in [0.717, 1.165) is 5.56 Å². The van der Waals surface area contributed by atoms with E-state index in [0.29, 0.717) is 41.2 Å². The van der Waals surface area contributed by atoms with Crippen molar-refractivity contribution in [2.45, 2.75) is 79.7 Å². The SMILES string of the molecule is CC(C)(C)NCC(O)c1cc(O)cc(O)c1.Cc1noc(NS(=O)(=O)c2ccc(N)cc2)c1C.NS(=O)(=O)c1cc2c(cc1C(F)(F)F)NC(Cc1ccccc1)NS2(=O)=O. The molecule has 1 aliphatic heterocycles. The molecule has 2 heterocycles. The second-order valence-corrected chi connectivity index (χ2v) is 19.6. The highest BCUT2D eigenvalue weighted by molar-refractivity contribution is 7.92. The minimum atomic E-state index is -5.04. The van der Waals surface area contributed by atoms with E-state index in [1.165, 1.54) is 42.5 Å². The first-order chi connectivity index (χ1) is 28.1. The number of aliphatic hydroxyl groups excluding tert-OH is 1. The molecule has 0 fully saturated rings. The molecule has 2 unspecified atom stereocenters. The number of sulfonamides is 3. The zero-order valence-corrected chi connectivity index (χ0v) is 35.8. The topological polar surface area (TPSA) is 289 Å². The van der Waals surface area contributed by atoms with Gasteiger partial charge in [0.2, 0.25) is 25.9 Å². The number of aromatic nitrogens is 1. The maximum absolute atomic E-state index is 13.3. The number of nitrogens with one attached hydrogen (secondary N) is 4. The molecular weight excluding hydrogens is 868 g/mol. The molecule has 4 aromatic carbocycles. The maximum atomic E-state index is 13.3. The molecule has 23 heteroatoms. The Labute approximate surface area is 351 Å². The van der Waals surface area contributed by atoms with E-state index in [1.54, 1.807) is 44.2 Å². The Morgan fingerprint density at radius 2 is 1.51 bits per heavy atom. The van der Waals surface area contributed by atoms with Crippen molar-refractivity contribution in [3.8, 4) is 11.5 Å². The van der Waals surface area contributed by atoms with E-state index in [9.17, 15) is 53.7 Å². The smallest absolute Gasteiger partial charge is 0.417 e. The van der Waals surface area contributed by atoms with Crippen LogP contribution < -0.4 is 31.0 Å². The number of primary sulfonamides is 1. The number of nitrogens with zero attached hydrogens (tertiary/aromatic N) is 1. The largest absolute Gasteiger partial charge is 0.508 e. The zero-order chi connectivity index (χ0) is 45.7. The van der Waals surface area contributed by atoms with Crippen molar-refractivity contribution in [3.05, 3.63) is 113 Å². The lowest BCUT2D eigenvalue weighted by molar-refractivity contribution is -0.139. The van der Waals surface area contributed by atoms with Gasteiger partial charge in [0.15, 0.2) is 0 Å². The number of aromatic hydroxyl groups is 2. The summed E-state index contributed by atoms with van der Waals surface area (Å²) in [7, 11) is -12.7. The summed E-state index contributed by atoms with van der Waals surface area (Å²) in [5.74, 6) is 0.0268. The molecule has 0 amide bonds. The molecule has 17 nitrogen and oxygen atoms in total. The second-order valence-electron chi connectivity index (χ2n) is 14.7. The average molecular weight is 914 g/mol. The fourth-order valence-electron chi connectivity index (χ4n) is 5.43. The van der Waals surface area contributed by atoms with Crippen LogP contribution in [0.5, 0.6) is 11.5 Å². The number of anilines is 3. The lowest BCUT2D eigenvalue weighted by Gasteiger charge is -2.29. The van der Waals surface area contributed by atoms with Crippen molar-refractivity contribution in [2.75, 3.05) is 22.3 Å². The molecule has 61 heavy (non-hydrogen) atoms. The number of nitrogens with two attached hydrogens (primary N) is 2. The molecular formula is C38H46F3N7O10S3. The molecule has 2 atom stereocenters. The van der Waals surface area contributed by atoms with Gasteiger partial charge in [-0.2, -0.15) is 17.9 Å². The minimum Gasteiger partial charge on any atom is -0.508 e. The van der Waals surface area contributed by atoms with E-state index in [-0.39, 0.29) is 39.9 Å². The number of fused-ring (bicyclic) bond motifs is 1. The zero-order valence-electron chi connectivity index (χ0n) is 33.3. The van der Waals surface area contributed by atoms with Gasteiger partial charge in [-0.05, 0) is 94.3 Å². The number of phenols is 2. The molecule has 1 aliphatic rings. The van der Waals surface area contributed by atoms with Crippen LogP contribution in [0.4, 0.5) is 30.4 Å². The summed E-state index contributed by atoms with van der Waals surface area (Å²) in [6.07, 6.45) is -6.54. The predicted octanol–water partition coefficient (Wildman–Crippen LogP) is 4.82. The predicted molar refractivity (Wildman–Crippen MR) is 221 cm³/mol. The molecule has 0 saturated heterocycles. The van der Waals surface area contributed by atoms with Crippen LogP contribution in [0.2, 0.25) is 0 Å². The van der Waals surface area contributed by atoms with Gasteiger partial charge in [-0.3, -0.25) is 0 Å². The van der Waals surface area contributed by atoms with Gasteiger partial charge in [0.25, 0.3) is 10.0 Å². The molecule has 1 aromatic heterocycles. The Morgan fingerprint density at radius 3 is 2.02 bits per heavy atom. The van der Waals surface area contributed by atoms with Gasteiger partial charge < -0.3 is 36.2 Å². The van der Waals surface area contributed by atoms with E-state index < -0.39 is 63.9 Å². The van der Waals surface area contributed by atoms with Crippen LogP contribution in [0.3, 0.4) is 0 Å². The molecule has 0 spiro atoms. The van der Waals surface area contributed by atoms with Gasteiger partial charge in [0.05, 0.1) is 39.0 Å². The van der Waals surface area contributed by atoms with Gasteiger partial charge in [0, 0.05) is 35.8 Å². The highest BCUT2D eigenvalue weighted by Gasteiger charge is 2.40. The minimum absolute atomic E-state index is 0.0511. The molecule has 332 valence electrons. The number of phenolic OH excluding ortho intramolecular Hbond substituents is 2. The molecule has 0 aliphatic carbocycles. The molecule has 0 saturated carbocycles. The number of nitrogen functional groups attached to an aromatic ring is 1. The first kappa shape index (κ1) is 48.2. The van der Waals surface area contributed by atoms with Crippen LogP contribution in [-0.2, 0) is 42.7 Å². The van der Waals surface area contributed by atoms with E-state index >= 15 is 0 Å². The van der Waals surface area contributed by atoms with Crippen LogP contribution in [0.15, 0.2) is 104 Å². The Kier molecular flexibility index (Phi) is 14.8. The summed E-state index contributed by atoms with van der Waals surface area (Å²) in [5.41, 5.74) is 6.58. The summed E-state index contributed by atoms with van der Waals surface area (Å²) in [5, 5.41) is 42.7. The standard InChI is InChI=1S/C15H14F3N3O4S2.C12H19NO3.C11H13N3O3S/c16-15(17,18)10-7-11-13(8-12(10)26(19,22)23)27(24,25)21-14(20-11)6-9-4-2-1-3-5-9;1-12(2,3)13-7-11(16)8-4-9(14)6-10(15)5-8;1-7-8(2)13-17-11(7)14-18(15,16)10-5-3-9(12)4-6-10/h1-5,7-8,14,20-21H,6H2,(H2,19,22,23);4-6,11,13-16H,7H2,1-3H3;3-6,14H,12H2,1-2H3. The molecule has 6 rings (SSSR count). The number of β-amino-alcohol motifs (C(OH)–C–C–N with tert-alkyl or cyclic N) is 1. The fourth-order valence-corrected chi connectivity index (χ4v) is 8.64. The number of rotatable bonds is 9. The Hall–Kier alpha value is -5.43. The van der Waals surface area contributed by atoms with Crippen molar-refractivity contribution in [2.24, 2.45) is 5.14 Å². The van der Waals surface area contributed by atoms with Crippen LogP contribution in [0, 0.1) is 13.8 Å². The van der Waals surface area contributed by atoms with Crippen LogP contribution in [0.1, 0.15) is 54.8 Å². The third kappa shape index (κ3) is 13.5. The number of halogens is 3. The van der Waals surface area contributed by atoms with Crippen molar-refractivity contribution in [1.29, 1.82) is 0 Å². The van der Waals surface area contributed by atoms with Gasteiger partial charge in [-0.1, -0.05) is 35.5 Å². The van der Waals surface area contributed by atoms with Crippen LogP contribution in [-0.4, -0.2) is 64.0 Å². The van der Waals surface area contributed by atoms with Crippen molar-refractivity contribution < 1.29 is 58.3 Å². The van der Waals surface area contributed by atoms with Gasteiger partial charge in [-0.15, -0.1) is 0 Å². The number of hydrogen-bond acceptors (Lipinski definition) is 14. The Bertz CT molecular complexity index is 2640. The number of aliphatic hydroxyl groups is 1. The third-order valence-corrected chi connectivity index (χ3v) is 12.4. The highest BCUT2D eigenvalue weighted by Crippen LogP contribution is 2.40. The number of benzene rings is 4. The highest BCUT2D eigenvalue weighted by atomic mass is 32.2. The quantitative estimate of drug-likeness (QED) is 0.0897. The molecule has 0 bridgehead atoms. The molecule has 11 N–H and O–H groups in total. The summed E-state index contributed by atoms with van der Waals surface area (Å²) in [6.45, 7) is 9.83. The van der Waals surface area contributed by atoms with Crippen molar-refractivity contribution >= 4 is 47.3 Å². The number of hydrogen-bond donors (Lipinski definition) is 9. The van der Waals surface area contributed by atoms with E-state index in [2.05, 4.69) is 25.2 Å². The third-order valence-electron chi connectivity index (χ3n) is 8.60. The summed E-state index contributed by atoms with van der Waals surface area (Å²) in [6, 6.07) is 19.6. The normalized spacial score (nSPS) is 15.5.